The van der Waals surface area contributed by atoms with E-state index in [4.69, 9.17) is 5.14 Å². The third-order valence-corrected chi connectivity index (χ3v) is 4.90. The smallest absolute Gasteiger partial charge is 0.251 e. The number of anilines is 1. The van der Waals surface area contributed by atoms with Crippen LogP contribution in [0.4, 0.5) is 5.69 Å². The summed E-state index contributed by atoms with van der Waals surface area (Å²) in [7, 11) is -3.77. The van der Waals surface area contributed by atoms with Crippen LogP contribution in [0.3, 0.4) is 0 Å². The van der Waals surface area contributed by atoms with Gasteiger partial charge in [0.25, 0.3) is 5.91 Å². The number of ketones is 1. The van der Waals surface area contributed by atoms with E-state index in [1.54, 1.807) is 24.3 Å². The van der Waals surface area contributed by atoms with Crippen molar-refractivity contribution in [2.24, 2.45) is 5.14 Å². The number of benzene rings is 2. The topological polar surface area (TPSA) is 135 Å². The monoisotopic (exact) mass is 415 g/mol. The van der Waals surface area contributed by atoms with Gasteiger partial charge in [0.05, 0.1) is 4.90 Å². The van der Waals surface area contributed by atoms with E-state index in [-0.39, 0.29) is 22.8 Å². The van der Waals surface area contributed by atoms with Gasteiger partial charge in [0.1, 0.15) is 0 Å². The van der Waals surface area contributed by atoms with Gasteiger partial charge in [-0.3, -0.25) is 14.4 Å². The Labute approximate surface area is 168 Å². The maximum Gasteiger partial charge on any atom is 0.251 e. The second-order valence-electron chi connectivity index (χ2n) is 6.32. The molecule has 0 heterocycles. The van der Waals surface area contributed by atoms with Gasteiger partial charge < -0.3 is 10.6 Å². The summed E-state index contributed by atoms with van der Waals surface area (Å²) in [4.78, 5) is 35.4. The lowest BCUT2D eigenvalue weighted by Crippen LogP contribution is -2.22. The van der Waals surface area contributed by atoms with Crippen LogP contribution in [0.1, 0.15) is 29.8 Å². The molecule has 152 valence electrons. The van der Waals surface area contributed by atoms with Crippen molar-refractivity contribution in [3.63, 3.8) is 0 Å². The molecule has 0 saturated carbocycles. The van der Waals surface area contributed by atoms with Gasteiger partial charge in [0, 0.05) is 29.4 Å². The fourth-order valence-electron chi connectivity index (χ4n) is 2.32. The van der Waals surface area contributed by atoms with Crippen LogP contribution in [0.25, 0.3) is 0 Å². The summed E-state index contributed by atoms with van der Waals surface area (Å²) in [6.45, 7) is 3.11. The maximum absolute atomic E-state index is 12.2. The Morgan fingerprint density at radius 3 is 2.07 bits per heavy atom. The summed E-state index contributed by atoms with van der Waals surface area (Å²) in [5, 5.41) is 10.3. The molecular formula is C20H21N3O5S. The molecule has 0 atom stereocenters. The lowest BCUT2D eigenvalue weighted by Gasteiger charge is -2.07. The number of sulfonamides is 1. The van der Waals surface area contributed by atoms with Crippen LogP contribution in [0.5, 0.6) is 0 Å². The number of hydrogen-bond donors (Lipinski definition) is 3. The van der Waals surface area contributed by atoms with Crippen molar-refractivity contribution in [1.82, 2.24) is 5.32 Å². The van der Waals surface area contributed by atoms with Gasteiger partial charge in [-0.15, -0.1) is 0 Å². The van der Waals surface area contributed by atoms with E-state index in [0.717, 1.165) is 6.08 Å². The lowest BCUT2D eigenvalue weighted by atomic mass is 10.1. The van der Waals surface area contributed by atoms with Crippen LogP contribution in [0.2, 0.25) is 0 Å². The van der Waals surface area contributed by atoms with E-state index >= 15 is 0 Å². The Morgan fingerprint density at radius 1 is 0.966 bits per heavy atom. The molecule has 0 unspecified atom stereocenters. The zero-order chi connectivity index (χ0) is 21.6. The van der Waals surface area contributed by atoms with Crippen LogP contribution in [-0.4, -0.2) is 26.0 Å². The third kappa shape index (κ3) is 6.66. The predicted octanol–water partition coefficient (Wildman–Crippen LogP) is 1.74. The largest absolute Gasteiger partial charge is 0.348 e. The first-order valence-corrected chi connectivity index (χ1v) is 10.1. The Morgan fingerprint density at radius 2 is 1.55 bits per heavy atom. The molecule has 2 rings (SSSR count). The Balaban J connectivity index is 1.92. The summed E-state index contributed by atoms with van der Waals surface area (Å²) in [6, 6.07) is 12.2. The van der Waals surface area contributed by atoms with Crippen LogP contribution >= 0.6 is 0 Å². The highest BCUT2D eigenvalue weighted by Gasteiger charge is 2.09. The van der Waals surface area contributed by atoms with E-state index in [9.17, 15) is 22.8 Å². The van der Waals surface area contributed by atoms with Crippen LogP contribution < -0.4 is 15.8 Å². The summed E-state index contributed by atoms with van der Waals surface area (Å²) >= 11 is 0. The highest BCUT2D eigenvalue weighted by atomic mass is 32.2. The molecule has 9 heteroatoms. The number of hydrogen-bond acceptors (Lipinski definition) is 5. The molecule has 8 nitrogen and oxygen atoms in total. The van der Waals surface area contributed by atoms with E-state index in [2.05, 4.69) is 10.6 Å². The van der Waals surface area contributed by atoms with Crippen LogP contribution in [0.15, 0.2) is 65.1 Å². The zero-order valence-corrected chi connectivity index (χ0v) is 16.7. The van der Waals surface area contributed by atoms with Gasteiger partial charge in [0.2, 0.25) is 15.9 Å². The van der Waals surface area contributed by atoms with E-state index in [1.165, 1.54) is 38.1 Å². The number of amides is 2. The molecule has 2 amide bonds. The lowest BCUT2D eigenvalue weighted by molar-refractivity contribution is -0.117. The van der Waals surface area contributed by atoms with Crippen molar-refractivity contribution in [3.05, 3.63) is 71.3 Å². The zero-order valence-electron chi connectivity index (χ0n) is 15.9. The van der Waals surface area contributed by atoms with E-state index in [0.29, 0.717) is 16.8 Å². The molecule has 0 bridgehead atoms. The number of nitrogens with one attached hydrogen (secondary N) is 2. The first kappa shape index (κ1) is 22.0. The third-order valence-electron chi connectivity index (χ3n) is 3.97. The number of carbonyl (C=O) groups is 3. The minimum atomic E-state index is -3.77. The predicted molar refractivity (Wildman–Crippen MR) is 108 cm³/mol. The molecule has 0 radical (unpaired) electrons. The average Bonchev–Trinajstić information content (AvgIpc) is 2.66. The molecule has 4 N–H and O–H groups in total. The standard InChI is InChI=1S/C20H21N3O5S/c1-13(20(26)23-17-7-5-16(6-8-17)14(2)24)11-19(25)22-12-15-3-9-18(10-4-15)29(21,27)28/h3-11H,12H2,1-2H3,(H,22,25)(H,23,26)(H2,21,27,28)/b13-11-. The van der Waals surface area contributed by atoms with Crippen molar-refractivity contribution in [2.45, 2.75) is 25.3 Å². The molecular weight excluding hydrogens is 394 g/mol. The van der Waals surface area contributed by atoms with Gasteiger partial charge in [-0.25, -0.2) is 13.6 Å². The van der Waals surface area contributed by atoms with Crippen LogP contribution in [0, 0.1) is 0 Å². The average molecular weight is 415 g/mol. The second-order valence-corrected chi connectivity index (χ2v) is 7.88. The number of carbonyl (C=O) groups excluding carboxylic acids is 3. The molecule has 0 aromatic heterocycles. The fraction of sp³-hybridized carbons (Fsp3) is 0.150. The van der Waals surface area contributed by atoms with E-state index in [1.807, 2.05) is 0 Å². The molecule has 29 heavy (non-hydrogen) atoms. The first-order valence-electron chi connectivity index (χ1n) is 8.56. The Kier molecular flexibility index (Phi) is 7.03. The van der Waals surface area contributed by atoms with Crippen LogP contribution in [-0.2, 0) is 26.2 Å². The Hall–Kier alpha value is -3.30. The molecule has 2 aromatic carbocycles. The quantitative estimate of drug-likeness (QED) is 0.467. The summed E-state index contributed by atoms with van der Waals surface area (Å²) in [6.07, 6.45) is 1.16. The number of primary sulfonamides is 1. The van der Waals surface area contributed by atoms with Gasteiger partial charge in [-0.1, -0.05) is 12.1 Å². The summed E-state index contributed by atoms with van der Waals surface area (Å²) in [5.41, 5.74) is 1.91. The normalized spacial score (nSPS) is 11.6. The van der Waals surface area contributed by atoms with Gasteiger partial charge in [0.15, 0.2) is 5.78 Å². The highest BCUT2D eigenvalue weighted by Crippen LogP contribution is 2.12. The first-order chi connectivity index (χ1) is 13.6. The summed E-state index contributed by atoms with van der Waals surface area (Å²) < 4.78 is 22.4. The molecule has 2 aromatic rings. The molecule has 0 aliphatic rings. The summed E-state index contributed by atoms with van der Waals surface area (Å²) in [5.74, 6) is -0.997. The van der Waals surface area contributed by atoms with Gasteiger partial charge >= 0.3 is 0 Å². The number of nitrogens with two attached hydrogens (primary N) is 1. The minimum Gasteiger partial charge on any atom is -0.348 e. The van der Waals surface area contributed by atoms with E-state index < -0.39 is 21.8 Å². The van der Waals surface area contributed by atoms with Crippen molar-refractivity contribution >= 4 is 33.3 Å². The van der Waals surface area contributed by atoms with Crippen molar-refractivity contribution in [1.29, 1.82) is 0 Å². The van der Waals surface area contributed by atoms with Crippen molar-refractivity contribution < 1.29 is 22.8 Å². The Bertz CT molecular complexity index is 1060. The molecule has 0 spiro atoms. The maximum atomic E-state index is 12.2. The van der Waals surface area contributed by atoms with Gasteiger partial charge in [-0.05, 0) is 55.8 Å². The molecule has 0 saturated heterocycles. The molecule has 0 aliphatic heterocycles. The van der Waals surface area contributed by atoms with Crippen molar-refractivity contribution in [2.75, 3.05) is 5.32 Å². The molecule has 0 fully saturated rings. The van der Waals surface area contributed by atoms with Crippen molar-refractivity contribution in [3.8, 4) is 0 Å². The second kappa shape index (κ2) is 9.26. The number of rotatable bonds is 7. The van der Waals surface area contributed by atoms with Gasteiger partial charge in [-0.2, -0.15) is 0 Å². The highest BCUT2D eigenvalue weighted by molar-refractivity contribution is 7.89. The molecule has 0 aliphatic carbocycles. The fourth-order valence-corrected chi connectivity index (χ4v) is 2.83. The SMILES string of the molecule is CC(=O)c1ccc(NC(=O)/C(C)=C\C(=O)NCc2ccc(S(N)(=O)=O)cc2)cc1. The minimum absolute atomic E-state index is 0.0173. The number of Topliss-reactive ketones (excluding diaryl/α,β-unsaturated/α-hetero) is 1.